The zero-order valence-electron chi connectivity index (χ0n) is 20.8. The largest absolute Gasteiger partial charge is 0.457 e. The maximum atomic E-state index is 13.3. The summed E-state index contributed by atoms with van der Waals surface area (Å²) in [5.74, 6) is 2.28. The van der Waals surface area contributed by atoms with Crippen molar-refractivity contribution in [3.63, 3.8) is 0 Å². The number of ether oxygens (including phenoxy) is 1. The molecule has 0 saturated heterocycles. The number of nitrogens with one attached hydrogen (secondary N) is 1. The van der Waals surface area contributed by atoms with Gasteiger partial charge in [0.05, 0.1) is 28.9 Å². The first kappa shape index (κ1) is 23.4. The highest BCUT2D eigenvalue weighted by molar-refractivity contribution is 5.81. The number of fused-ring (bicyclic) bond motifs is 1. The van der Waals surface area contributed by atoms with Gasteiger partial charge in [-0.05, 0) is 68.4 Å². The SMILES string of the molecule is CC(=O)Cc1cc(Oc2ccc3nc(Nc4cc(C5CC5)cn(C5CCC5O)c4=O)n(C)c3c2)ccn1. The number of nitrogens with zero attached hydrogens (tertiary/aromatic N) is 4. The molecule has 2 N–H and O–H groups in total. The van der Waals surface area contributed by atoms with Crippen molar-refractivity contribution in [1.82, 2.24) is 19.1 Å². The van der Waals surface area contributed by atoms with Crippen LogP contribution < -0.4 is 15.6 Å². The molecule has 0 amide bonds. The first-order chi connectivity index (χ1) is 17.9. The van der Waals surface area contributed by atoms with E-state index >= 15 is 0 Å². The minimum atomic E-state index is -0.479. The number of carbonyl (C=O) groups excluding carboxylic acids is 1. The summed E-state index contributed by atoms with van der Waals surface area (Å²) >= 11 is 0. The van der Waals surface area contributed by atoms with Crippen LogP contribution in [-0.4, -0.2) is 36.1 Å². The fourth-order valence-corrected chi connectivity index (χ4v) is 4.86. The number of benzene rings is 1. The third-order valence-corrected chi connectivity index (χ3v) is 7.23. The van der Waals surface area contributed by atoms with Gasteiger partial charge in [-0.25, -0.2) is 4.98 Å². The summed E-state index contributed by atoms with van der Waals surface area (Å²) in [6, 6.07) is 10.9. The molecule has 6 rings (SSSR count). The zero-order valence-corrected chi connectivity index (χ0v) is 20.8. The number of rotatable bonds is 8. The number of imidazole rings is 1. The molecule has 2 unspecified atom stereocenters. The van der Waals surface area contributed by atoms with Crippen LogP contribution in [0.2, 0.25) is 0 Å². The zero-order chi connectivity index (χ0) is 25.7. The molecule has 2 saturated carbocycles. The van der Waals surface area contributed by atoms with Crippen LogP contribution in [0.4, 0.5) is 11.6 Å². The Bertz CT molecular complexity index is 1570. The lowest BCUT2D eigenvalue weighted by Crippen LogP contribution is -2.39. The molecule has 2 fully saturated rings. The van der Waals surface area contributed by atoms with Crippen LogP contribution in [0.5, 0.6) is 11.5 Å². The molecule has 37 heavy (non-hydrogen) atoms. The second-order valence-corrected chi connectivity index (χ2v) is 10.1. The number of pyridine rings is 2. The molecule has 9 heteroatoms. The molecule has 0 bridgehead atoms. The number of hydrogen-bond donors (Lipinski definition) is 2. The fourth-order valence-electron chi connectivity index (χ4n) is 4.86. The number of carbonyl (C=O) groups is 1. The Balaban J connectivity index is 1.29. The third kappa shape index (κ3) is 4.62. The van der Waals surface area contributed by atoms with E-state index in [0.29, 0.717) is 34.7 Å². The van der Waals surface area contributed by atoms with Gasteiger partial charge in [0.15, 0.2) is 0 Å². The lowest BCUT2D eigenvalue weighted by molar-refractivity contribution is -0.116. The Morgan fingerprint density at radius 1 is 1.14 bits per heavy atom. The van der Waals surface area contributed by atoms with E-state index in [1.165, 1.54) is 6.92 Å². The van der Waals surface area contributed by atoms with Crippen LogP contribution in [-0.2, 0) is 18.3 Å². The lowest BCUT2D eigenvalue weighted by atomic mass is 9.88. The number of aromatic nitrogens is 4. The van der Waals surface area contributed by atoms with E-state index < -0.39 is 6.10 Å². The number of ketones is 1. The van der Waals surface area contributed by atoms with Crippen LogP contribution in [0.15, 0.2) is 53.6 Å². The van der Waals surface area contributed by atoms with Gasteiger partial charge in [-0.1, -0.05) is 0 Å². The Hall–Kier alpha value is -3.98. The fraction of sp³-hybridized carbons (Fsp3) is 0.357. The highest BCUT2D eigenvalue weighted by atomic mass is 16.5. The summed E-state index contributed by atoms with van der Waals surface area (Å²) < 4.78 is 9.63. The standard InChI is InChI=1S/C28H29N5O4/c1-16(34)11-19-13-21(9-10-29-19)37-20-5-6-22-25(14-20)32(2)28(30-22)31-23-12-18(17-3-4-17)15-33(27(23)36)24-7-8-26(24)35/h5-6,9-10,12-15,17,24,26,35H,3-4,7-8,11H2,1-2H3,(H,30,31). The van der Waals surface area contributed by atoms with Crippen LogP contribution in [0, 0.1) is 0 Å². The molecule has 2 aliphatic rings. The van der Waals surface area contributed by atoms with E-state index in [1.807, 2.05) is 42.1 Å². The Kier molecular flexibility index (Phi) is 5.79. The smallest absolute Gasteiger partial charge is 0.274 e. The molecule has 4 aromatic rings. The Morgan fingerprint density at radius 3 is 2.65 bits per heavy atom. The van der Waals surface area contributed by atoms with Crippen LogP contribution >= 0.6 is 0 Å². The second-order valence-electron chi connectivity index (χ2n) is 10.1. The topological polar surface area (TPSA) is 111 Å². The monoisotopic (exact) mass is 499 g/mol. The summed E-state index contributed by atoms with van der Waals surface area (Å²) in [6.45, 7) is 1.53. The van der Waals surface area contributed by atoms with Crippen molar-refractivity contribution in [2.75, 3.05) is 5.32 Å². The highest BCUT2D eigenvalue weighted by Gasteiger charge is 2.33. The molecule has 2 atom stereocenters. The van der Waals surface area contributed by atoms with E-state index in [-0.39, 0.29) is 23.8 Å². The van der Waals surface area contributed by atoms with Crippen molar-refractivity contribution in [2.24, 2.45) is 7.05 Å². The molecule has 0 radical (unpaired) electrons. The number of aliphatic hydroxyl groups is 1. The van der Waals surface area contributed by atoms with E-state index in [2.05, 4.69) is 10.3 Å². The molecule has 9 nitrogen and oxygen atoms in total. The predicted octanol–water partition coefficient (Wildman–Crippen LogP) is 4.37. The van der Waals surface area contributed by atoms with Gasteiger partial charge in [0.25, 0.3) is 5.56 Å². The maximum Gasteiger partial charge on any atom is 0.274 e. The second kappa shape index (κ2) is 9.15. The lowest BCUT2D eigenvalue weighted by Gasteiger charge is -2.34. The molecule has 0 spiro atoms. The van der Waals surface area contributed by atoms with Gasteiger partial charge in [-0.3, -0.25) is 14.6 Å². The number of aliphatic hydroxyl groups excluding tert-OH is 1. The Labute approximate surface area is 213 Å². The minimum absolute atomic E-state index is 0.0410. The summed E-state index contributed by atoms with van der Waals surface area (Å²) in [5.41, 5.74) is 3.70. The summed E-state index contributed by atoms with van der Waals surface area (Å²) in [4.78, 5) is 33.7. The van der Waals surface area contributed by atoms with Crippen LogP contribution in [0.25, 0.3) is 11.0 Å². The van der Waals surface area contributed by atoms with Crippen LogP contribution in [0.3, 0.4) is 0 Å². The molecular weight excluding hydrogens is 470 g/mol. The number of hydrogen-bond acceptors (Lipinski definition) is 7. The van der Waals surface area contributed by atoms with Crippen molar-refractivity contribution >= 4 is 28.5 Å². The minimum Gasteiger partial charge on any atom is -0.457 e. The number of Topliss-reactive ketones (excluding diaryl/α,β-unsaturated/α-hetero) is 1. The average Bonchev–Trinajstić information content (AvgIpc) is 3.66. The van der Waals surface area contributed by atoms with E-state index in [9.17, 15) is 14.7 Å². The predicted molar refractivity (Wildman–Crippen MR) is 140 cm³/mol. The van der Waals surface area contributed by atoms with E-state index in [0.717, 1.165) is 42.3 Å². The van der Waals surface area contributed by atoms with Crippen molar-refractivity contribution in [3.8, 4) is 11.5 Å². The summed E-state index contributed by atoms with van der Waals surface area (Å²) in [6.07, 6.45) is 7.10. The molecule has 3 heterocycles. The number of aryl methyl sites for hydroxylation is 1. The van der Waals surface area contributed by atoms with E-state index in [4.69, 9.17) is 9.72 Å². The number of anilines is 2. The van der Waals surface area contributed by atoms with Gasteiger partial charge in [0.2, 0.25) is 5.95 Å². The van der Waals surface area contributed by atoms with E-state index in [1.54, 1.807) is 22.9 Å². The highest BCUT2D eigenvalue weighted by Crippen LogP contribution is 2.41. The molecule has 0 aliphatic heterocycles. The third-order valence-electron chi connectivity index (χ3n) is 7.23. The van der Waals surface area contributed by atoms with Crippen molar-refractivity contribution in [2.45, 2.75) is 57.1 Å². The normalized spacial score (nSPS) is 19.0. The maximum absolute atomic E-state index is 13.3. The first-order valence-electron chi connectivity index (χ1n) is 12.7. The van der Waals surface area contributed by atoms with Gasteiger partial charge in [-0.15, -0.1) is 0 Å². The molecule has 190 valence electrons. The van der Waals surface area contributed by atoms with Crippen molar-refractivity contribution in [3.05, 3.63) is 70.4 Å². The van der Waals surface area contributed by atoms with Crippen molar-refractivity contribution in [1.29, 1.82) is 0 Å². The summed E-state index contributed by atoms with van der Waals surface area (Å²) in [7, 11) is 1.89. The summed E-state index contributed by atoms with van der Waals surface area (Å²) in [5, 5.41) is 13.5. The molecule has 1 aromatic carbocycles. The Morgan fingerprint density at radius 2 is 1.95 bits per heavy atom. The van der Waals surface area contributed by atoms with Gasteiger partial charge < -0.3 is 24.3 Å². The van der Waals surface area contributed by atoms with Gasteiger partial charge in [0, 0.05) is 38.0 Å². The first-order valence-corrected chi connectivity index (χ1v) is 12.7. The average molecular weight is 500 g/mol. The quantitative estimate of drug-likeness (QED) is 0.370. The van der Waals surface area contributed by atoms with Gasteiger partial charge in [0.1, 0.15) is 23.0 Å². The van der Waals surface area contributed by atoms with Gasteiger partial charge >= 0.3 is 0 Å². The van der Waals surface area contributed by atoms with Crippen molar-refractivity contribution < 1.29 is 14.6 Å². The van der Waals surface area contributed by atoms with Gasteiger partial charge in [-0.2, -0.15) is 0 Å². The van der Waals surface area contributed by atoms with Crippen LogP contribution in [0.1, 0.15) is 55.8 Å². The molecular formula is C28H29N5O4. The molecule has 2 aliphatic carbocycles. The molecule has 3 aromatic heterocycles.